The molecule has 0 bridgehead atoms. The van der Waals surface area contributed by atoms with Gasteiger partial charge in [-0.3, -0.25) is 0 Å². The normalized spacial score (nSPS) is 11.9. The van der Waals surface area contributed by atoms with E-state index in [-0.39, 0.29) is 9.79 Å². The molecule has 0 aliphatic rings. The standard InChI is InChI=1S/C48H32N2O2S/c51-53(52,39-29-21-35(22-30-39)33-17-25-37(26-18-33)49-45-13-5-1-9-41(45)42-10-2-6-14-46(42)49)40-31-23-36(24-32-40)34-19-27-38(28-20-34)50-47-15-7-3-11-43(47)44-12-4-8-16-48(44)50/h1-32H. The van der Waals surface area contributed by atoms with E-state index >= 15 is 0 Å². The molecule has 0 aliphatic heterocycles. The molecule has 0 aliphatic carbocycles. The number of rotatable bonds is 6. The second-order valence-electron chi connectivity index (χ2n) is 13.4. The van der Waals surface area contributed by atoms with E-state index in [9.17, 15) is 8.42 Å². The van der Waals surface area contributed by atoms with E-state index in [1.54, 1.807) is 24.3 Å². The number of aromatic nitrogens is 2. The molecule has 0 saturated carbocycles. The first-order valence-electron chi connectivity index (χ1n) is 17.7. The lowest BCUT2D eigenvalue weighted by atomic mass is 10.1. The minimum atomic E-state index is -3.70. The Morgan fingerprint density at radius 1 is 0.283 bits per heavy atom. The van der Waals surface area contributed by atoms with Gasteiger partial charge in [0.05, 0.1) is 31.9 Å². The lowest BCUT2D eigenvalue weighted by Crippen LogP contribution is -2.01. The van der Waals surface area contributed by atoms with Crippen molar-refractivity contribution in [3.63, 3.8) is 0 Å². The third-order valence-corrected chi connectivity index (χ3v) is 12.2. The van der Waals surface area contributed by atoms with Crippen molar-refractivity contribution in [3.8, 4) is 33.6 Å². The molecule has 10 rings (SSSR count). The molecule has 252 valence electrons. The highest BCUT2D eigenvalue weighted by Gasteiger charge is 2.19. The number of hydrogen-bond acceptors (Lipinski definition) is 2. The van der Waals surface area contributed by atoms with Crippen molar-refractivity contribution in [1.29, 1.82) is 0 Å². The topological polar surface area (TPSA) is 44.0 Å². The maximum absolute atomic E-state index is 13.7. The van der Waals surface area contributed by atoms with Gasteiger partial charge in [0.2, 0.25) is 9.84 Å². The Hall–Kier alpha value is -6.69. The lowest BCUT2D eigenvalue weighted by Gasteiger charge is -2.11. The third kappa shape index (κ3) is 5.08. The van der Waals surface area contributed by atoms with Crippen molar-refractivity contribution in [1.82, 2.24) is 9.13 Å². The monoisotopic (exact) mass is 700 g/mol. The summed E-state index contributed by atoms with van der Waals surface area (Å²) in [4.78, 5) is 0.540. The number of nitrogens with zero attached hydrogens (tertiary/aromatic N) is 2. The smallest absolute Gasteiger partial charge is 0.206 e. The summed E-state index contributed by atoms with van der Waals surface area (Å²) in [6, 6.07) is 65.1. The number of sulfone groups is 1. The van der Waals surface area contributed by atoms with Gasteiger partial charge in [-0.25, -0.2) is 8.42 Å². The summed E-state index contributed by atoms with van der Waals surface area (Å²) in [5, 5.41) is 4.90. The van der Waals surface area contributed by atoms with Crippen LogP contribution in [-0.4, -0.2) is 17.6 Å². The zero-order chi connectivity index (χ0) is 35.5. The largest absolute Gasteiger partial charge is 0.309 e. The minimum Gasteiger partial charge on any atom is -0.309 e. The summed E-state index contributed by atoms with van der Waals surface area (Å²) in [7, 11) is -3.70. The summed E-state index contributed by atoms with van der Waals surface area (Å²) in [6.45, 7) is 0. The summed E-state index contributed by atoms with van der Waals surface area (Å²) < 4.78 is 32.0. The molecular weight excluding hydrogens is 669 g/mol. The molecule has 0 atom stereocenters. The van der Waals surface area contributed by atoms with Crippen LogP contribution in [0.15, 0.2) is 204 Å². The second-order valence-corrected chi connectivity index (χ2v) is 15.3. The Kier molecular flexibility index (Phi) is 7.17. The molecule has 4 nitrogen and oxygen atoms in total. The van der Waals surface area contributed by atoms with Gasteiger partial charge in [-0.15, -0.1) is 0 Å². The zero-order valence-electron chi connectivity index (χ0n) is 28.6. The maximum Gasteiger partial charge on any atom is 0.206 e. The average Bonchev–Trinajstić information content (AvgIpc) is 3.74. The van der Waals surface area contributed by atoms with Crippen LogP contribution in [0.5, 0.6) is 0 Å². The van der Waals surface area contributed by atoms with E-state index in [4.69, 9.17) is 0 Å². The summed E-state index contributed by atoms with van der Waals surface area (Å²) in [6.07, 6.45) is 0. The lowest BCUT2D eigenvalue weighted by molar-refractivity contribution is 0.596. The van der Waals surface area contributed by atoms with Crippen LogP contribution in [-0.2, 0) is 9.84 Å². The molecule has 2 aromatic heterocycles. The van der Waals surface area contributed by atoms with Gasteiger partial charge in [0, 0.05) is 32.9 Å². The van der Waals surface area contributed by atoms with E-state index in [0.717, 1.165) is 55.7 Å². The molecular formula is C48H32N2O2S. The highest BCUT2D eigenvalue weighted by molar-refractivity contribution is 7.91. The van der Waals surface area contributed by atoms with Crippen molar-refractivity contribution in [3.05, 3.63) is 194 Å². The van der Waals surface area contributed by atoms with E-state index < -0.39 is 9.84 Å². The van der Waals surface area contributed by atoms with Crippen molar-refractivity contribution < 1.29 is 8.42 Å². The Morgan fingerprint density at radius 3 is 0.811 bits per heavy atom. The highest BCUT2D eigenvalue weighted by Crippen LogP contribution is 2.35. The Bertz CT molecular complexity index is 2770. The second kappa shape index (κ2) is 12.2. The predicted octanol–water partition coefficient (Wildman–Crippen LogP) is 12.0. The average molecular weight is 701 g/mol. The van der Waals surface area contributed by atoms with E-state index in [1.165, 1.54) is 21.5 Å². The van der Waals surface area contributed by atoms with Crippen LogP contribution in [0.1, 0.15) is 0 Å². The molecule has 0 amide bonds. The number of benzene rings is 8. The van der Waals surface area contributed by atoms with Gasteiger partial charge in [0.1, 0.15) is 0 Å². The van der Waals surface area contributed by atoms with Gasteiger partial charge < -0.3 is 9.13 Å². The first-order valence-corrected chi connectivity index (χ1v) is 19.2. The van der Waals surface area contributed by atoms with Gasteiger partial charge in [-0.1, -0.05) is 121 Å². The first-order chi connectivity index (χ1) is 26.0. The SMILES string of the molecule is O=S(=O)(c1ccc(-c2ccc(-n3c4ccccc4c4ccccc43)cc2)cc1)c1ccc(-c2ccc(-n3c4ccccc4c4ccccc43)cc2)cc1. The van der Waals surface area contributed by atoms with Crippen LogP contribution in [0.4, 0.5) is 0 Å². The van der Waals surface area contributed by atoms with Crippen LogP contribution in [0.2, 0.25) is 0 Å². The summed E-state index contributed by atoms with van der Waals surface area (Å²) in [5.74, 6) is 0. The van der Waals surface area contributed by atoms with Crippen LogP contribution >= 0.6 is 0 Å². The minimum absolute atomic E-state index is 0.270. The fraction of sp³-hybridized carbons (Fsp3) is 0. The van der Waals surface area contributed by atoms with Crippen molar-refractivity contribution >= 4 is 53.4 Å². The van der Waals surface area contributed by atoms with E-state index in [0.29, 0.717) is 0 Å². The van der Waals surface area contributed by atoms with E-state index in [2.05, 4.69) is 155 Å². The molecule has 2 heterocycles. The van der Waals surface area contributed by atoms with Gasteiger partial charge in [-0.05, 0) is 95.1 Å². The first kappa shape index (κ1) is 31.1. The third-order valence-electron chi connectivity index (χ3n) is 10.4. The fourth-order valence-corrected chi connectivity index (χ4v) is 9.06. The quantitative estimate of drug-likeness (QED) is 0.173. The number of hydrogen-bond donors (Lipinski definition) is 0. The van der Waals surface area contributed by atoms with Crippen LogP contribution in [0.25, 0.3) is 77.2 Å². The van der Waals surface area contributed by atoms with Crippen molar-refractivity contribution in [2.24, 2.45) is 0 Å². The summed E-state index contributed by atoms with van der Waals surface area (Å²) >= 11 is 0. The Morgan fingerprint density at radius 2 is 0.528 bits per heavy atom. The Labute approximate surface area is 307 Å². The van der Waals surface area contributed by atoms with E-state index in [1.807, 2.05) is 24.3 Å². The highest BCUT2D eigenvalue weighted by atomic mass is 32.2. The summed E-state index contributed by atoms with van der Waals surface area (Å²) in [5.41, 5.74) is 10.8. The molecule has 5 heteroatoms. The molecule has 0 unspecified atom stereocenters. The van der Waals surface area contributed by atoms with Crippen molar-refractivity contribution in [2.75, 3.05) is 0 Å². The molecule has 0 fully saturated rings. The molecule has 0 N–H and O–H groups in total. The van der Waals surface area contributed by atoms with Crippen LogP contribution in [0, 0.1) is 0 Å². The van der Waals surface area contributed by atoms with Gasteiger partial charge in [0.25, 0.3) is 0 Å². The fourth-order valence-electron chi connectivity index (χ4n) is 7.80. The predicted molar refractivity (Wildman–Crippen MR) is 218 cm³/mol. The molecule has 8 aromatic carbocycles. The molecule has 0 radical (unpaired) electrons. The van der Waals surface area contributed by atoms with Crippen LogP contribution < -0.4 is 0 Å². The molecule has 10 aromatic rings. The molecule has 0 saturated heterocycles. The molecule has 0 spiro atoms. The maximum atomic E-state index is 13.7. The molecule has 53 heavy (non-hydrogen) atoms. The number of para-hydroxylation sites is 4. The Balaban J connectivity index is 0.891. The van der Waals surface area contributed by atoms with Crippen LogP contribution in [0.3, 0.4) is 0 Å². The number of fused-ring (bicyclic) bond motifs is 6. The van der Waals surface area contributed by atoms with Gasteiger partial charge >= 0.3 is 0 Å². The zero-order valence-corrected chi connectivity index (χ0v) is 29.4. The van der Waals surface area contributed by atoms with Gasteiger partial charge in [-0.2, -0.15) is 0 Å². The van der Waals surface area contributed by atoms with Gasteiger partial charge in [0.15, 0.2) is 0 Å². The van der Waals surface area contributed by atoms with Crippen molar-refractivity contribution in [2.45, 2.75) is 9.79 Å².